The Morgan fingerprint density at radius 1 is 1.07 bits per heavy atom. The molecule has 1 amide bonds. The van der Waals surface area contributed by atoms with Gasteiger partial charge in [0.2, 0.25) is 4.33 Å². The fourth-order valence-corrected chi connectivity index (χ4v) is 4.12. The lowest BCUT2D eigenvalue weighted by Crippen LogP contribution is -2.46. The smallest absolute Gasteiger partial charge is 0.265 e. The summed E-state index contributed by atoms with van der Waals surface area (Å²) in [4.78, 5) is 28.0. The van der Waals surface area contributed by atoms with E-state index in [0.29, 0.717) is 11.3 Å². The van der Waals surface area contributed by atoms with Crippen molar-refractivity contribution in [2.75, 3.05) is 36.4 Å². The second kappa shape index (κ2) is 7.39. The molecule has 4 rings (SSSR count). The minimum atomic E-state index is -1.52. The van der Waals surface area contributed by atoms with Gasteiger partial charge >= 0.3 is 0 Å². The predicted octanol–water partition coefficient (Wildman–Crippen LogP) is 3.79. The molecule has 0 radical (unpaired) electrons. The third-order valence-electron chi connectivity index (χ3n) is 5.37. The number of hydrogen-bond acceptors (Lipinski definition) is 4. The maximum atomic E-state index is 11.9. The first-order chi connectivity index (χ1) is 13.3. The van der Waals surface area contributed by atoms with Crippen molar-refractivity contribution < 1.29 is 9.59 Å². The van der Waals surface area contributed by atoms with E-state index in [1.807, 2.05) is 42.5 Å². The molecule has 0 atom stereocenters. The molecule has 2 aliphatic heterocycles. The van der Waals surface area contributed by atoms with Crippen molar-refractivity contribution >= 4 is 46.3 Å². The summed E-state index contributed by atoms with van der Waals surface area (Å²) in [5.41, 5.74) is 4.27. The number of piperazine rings is 1. The summed E-state index contributed by atoms with van der Waals surface area (Å²) >= 11 is 12.4. The second-order valence-corrected chi connectivity index (χ2v) is 8.60. The predicted molar refractivity (Wildman–Crippen MR) is 112 cm³/mol. The van der Waals surface area contributed by atoms with Gasteiger partial charge in [0.1, 0.15) is 0 Å². The Hall–Kier alpha value is -2.08. The summed E-state index contributed by atoms with van der Waals surface area (Å²) in [6.45, 7) is 6.05. The second-order valence-electron chi connectivity index (χ2n) is 7.27. The van der Waals surface area contributed by atoms with Gasteiger partial charge in [-0.1, -0.05) is 29.3 Å². The van der Waals surface area contributed by atoms with Crippen LogP contribution in [-0.2, 0) is 15.7 Å². The Labute approximate surface area is 174 Å². The molecule has 0 saturated carbocycles. The normalized spacial score (nSPS) is 18.7. The summed E-state index contributed by atoms with van der Waals surface area (Å²) in [7, 11) is 0. The van der Waals surface area contributed by atoms with Crippen LogP contribution in [0.25, 0.3) is 0 Å². The Morgan fingerprint density at radius 2 is 1.75 bits per heavy atom. The molecule has 0 bridgehead atoms. The van der Waals surface area contributed by atoms with E-state index < -0.39 is 10.2 Å². The molecular weight excluding hydrogens is 397 g/mol. The number of carbonyl (C=O) groups excluding carboxylic acids is 2. The van der Waals surface area contributed by atoms with E-state index in [-0.39, 0.29) is 5.78 Å². The van der Waals surface area contributed by atoms with Crippen LogP contribution >= 0.6 is 23.2 Å². The first kappa shape index (κ1) is 19.2. The van der Waals surface area contributed by atoms with Crippen molar-refractivity contribution in [3.8, 4) is 0 Å². The Kier molecular flexibility index (Phi) is 5.08. The number of anilines is 2. The maximum Gasteiger partial charge on any atom is 0.265 e. The van der Waals surface area contributed by atoms with Gasteiger partial charge in [-0.3, -0.25) is 14.5 Å². The molecular formula is C21H21Cl2N3O2. The average molecular weight is 418 g/mol. The number of Topliss-reactive ketones (excluding diaryl/α,β-unsaturated/α-hetero) is 1. The number of alkyl halides is 2. The van der Waals surface area contributed by atoms with Crippen molar-refractivity contribution in [3.63, 3.8) is 0 Å². The molecule has 146 valence electrons. The lowest BCUT2D eigenvalue weighted by molar-refractivity contribution is -0.116. The molecule has 1 fully saturated rings. The Morgan fingerprint density at radius 3 is 2.39 bits per heavy atom. The van der Waals surface area contributed by atoms with Crippen LogP contribution in [-0.4, -0.2) is 42.8 Å². The number of nitrogens with one attached hydrogen (secondary N) is 1. The molecule has 5 nitrogen and oxygen atoms in total. The van der Waals surface area contributed by atoms with Crippen LogP contribution in [0.3, 0.4) is 0 Å². The molecule has 0 unspecified atom stereocenters. The quantitative estimate of drug-likeness (QED) is 0.607. The molecule has 0 spiro atoms. The molecule has 28 heavy (non-hydrogen) atoms. The molecule has 2 heterocycles. The summed E-state index contributed by atoms with van der Waals surface area (Å²) in [5.74, 6) is -0.312. The van der Waals surface area contributed by atoms with Crippen LogP contribution in [0.4, 0.5) is 11.4 Å². The molecule has 7 heteroatoms. The zero-order valence-electron chi connectivity index (χ0n) is 15.5. The van der Waals surface area contributed by atoms with Crippen LogP contribution in [0, 0.1) is 0 Å². The van der Waals surface area contributed by atoms with Crippen LogP contribution < -0.4 is 10.2 Å². The van der Waals surface area contributed by atoms with E-state index >= 15 is 0 Å². The number of carbonyl (C=O) groups is 2. The number of benzene rings is 2. The van der Waals surface area contributed by atoms with E-state index in [4.69, 9.17) is 23.2 Å². The van der Waals surface area contributed by atoms with E-state index in [1.54, 1.807) is 6.92 Å². The Bertz CT molecular complexity index is 920. The third-order valence-corrected chi connectivity index (χ3v) is 6.12. The van der Waals surface area contributed by atoms with Gasteiger partial charge in [0.25, 0.3) is 5.91 Å². The molecule has 1 saturated heterocycles. The molecule has 2 aromatic rings. The molecule has 2 aromatic carbocycles. The van der Waals surface area contributed by atoms with E-state index in [1.165, 1.54) is 0 Å². The van der Waals surface area contributed by atoms with Crippen LogP contribution in [0.5, 0.6) is 0 Å². The van der Waals surface area contributed by atoms with Crippen molar-refractivity contribution in [2.24, 2.45) is 0 Å². The number of fused-ring (bicyclic) bond motifs is 1. The molecule has 1 N–H and O–H groups in total. The molecule has 0 aliphatic carbocycles. The summed E-state index contributed by atoms with van der Waals surface area (Å²) in [6.07, 6.45) is 0. The van der Waals surface area contributed by atoms with E-state index in [0.717, 1.165) is 49.5 Å². The van der Waals surface area contributed by atoms with Crippen molar-refractivity contribution in [3.05, 3.63) is 59.2 Å². The first-order valence-corrected chi connectivity index (χ1v) is 10.0. The minimum Gasteiger partial charge on any atom is -0.369 e. The SMILES string of the molecule is CC(=O)c1ccc(N2CCN(Cc3ccc4c(c3)C(Cl)(Cl)C(=O)N4)CC2)cc1. The van der Waals surface area contributed by atoms with Gasteiger partial charge in [-0.15, -0.1) is 0 Å². The number of nitrogens with zero attached hydrogens (tertiary/aromatic N) is 2. The average Bonchev–Trinajstić information content (AvgIpc) is 2.91. The topological polar surface area (TPSA) is 52.7 Å². The maximum absolute atomic E-state index is 11.9. The number of rotatable bonds is 4. The van der Waals surface area contributed by atoms with Gasteiger partial charge in [0.15, 0.2) is 5.78 Å². The van der Waals surface area contributed by atoms with Gasteiger partial charge in [0.05, 0.1) is 0 Å². The van der Waals surface area contributed by atoms with Gasteiger partial charge in [-0.05, 0) is 48.9 Å². The standard InChI is InChI=1S/C21H21Cl2N3O2/c1-14(27)16-3-5-17(6-4-16)26-10-8-25(9-11-26)13-15-2-7-19-18(12-15)21(22,23)20(28)24-19/h2-7,12H,8-11,13H2,1H3,(H,24,28). The number of amides is 1. The molecule has 2 aliphatic rings. The summed E-state index contributed by atoms with van der Waals surface area (Å²) < 4.78 is -1.52. The van der Waals surface area contributed by atoms with Crippen molar-refractivity contribution in [1.29, 1.82) is 0 Å². The zero-order valence-corrected chi connectivity index (χ0v) is 17.1. The highest BCUT2D eigenvalue weighted by atomic mass is 35.5. The van der Waals surface area contributed by atoms with Crippen molar-refractivity contribution in [2.45, 2.75) is 17.8 Å². The number of hydrogen-bond donors (Lipinski definition) is 1. The van der Waals surface area contributed by atoms with E-state index in [2.05, 4.69) is 15.1 Å². The molecule has 0 aromatic heterocycles. The van der Waals surface area contributed by atoms with Gasteiger partial charge in [0, 0.05) is 55.2 Å². The highest BCUT2D eigenvalue weighted by molar-refractivity contribution is 6.60. The minimum absolute atomic E-state index is 0.0838. The van der Waals surface area contributed by atoms with Gasteiger partial charge < -0.3 is 10.2 Å². The third kappa shape index (κ3) is 3.62. The van der Waals surface area contributed by atoms with E-state index in [9.17, 15) is 9.59 Å². The monoisotopic (exact) mass is 417 g/mol. The van der Waals surface area contributed by atoms with Crippen molar-refractivity contribution in [1.82, 2.24) is 4.90 Å². The van der Waals surface area contributed by atoms with Crippen LogP contribution in [0.15, 0.2) is 42.5 Å². The van der Waals surface area contributed by atoms with Gasteiger partial charge in [-0.25, -0.2) is 0 Å². The Balaban J connectivity index is 1.38. The highest BCUT2D eigenvalue weighted by Crippen LogP contribution is 2.44. The van der Waals surface area contributed by atoms with Crippen LogP contribution in [0.1, 0.15) is 28.4 Å². The number of ketones is 1. The highest BCUT2D eigenvalue weighted by Gasteiger charge is 2.43. The van der Waals surface area contributed by atoms with Crippen LogP contribution in [0.2, 0.25) is 0 Å². The number of halogens is 2. The fourth-order valence-electron chi connectivity index (χ4n) is 3.71. The lowest BCUT2D eigenvalue weighted by atomic mass is 10.1. The largest absolute Gasteiger partial charge is 0.369 e. The fraction of sp³-hybridized carbons (Fsp3) is 0.333. The summed E-state index contributed by atoms with van der Waals surface area (Å²) in [6, 6.07) is 13.6. The van der Waals surface area contributed by atoms with Gasteiger partial charge in [-0.2, -0.15) is 0 Å². The lowest BCUT2D eigenvalue weighted by Gasteiger charge is -2.36. The zero-order chi connectivity index (χ0) is 19.9. The first-order valence-electron chi connectivity index (χ1n) is 9.25. The summed E-state index contributed by atoms with van der Waals surface area (Å²) in [5, 5.41) is 2.71.